The normalized spacial score (nSPS) is 11.1. The maximum Gasteiger partial charge on any atom is 0.417 e. The number of rotatable bonds is 4. The molecule has 136 valence electrons. The van der Waals surface area contributed by atoms with Gasteiger partial charge < -0.3 is 15.5 Å². The van der Waals surface area contributed by atoms with E-state index in [9.17, 15) is 27.6 Å². The molecular weight excluding hydrogens is 379 g/mol. The van der Waals surface area contributed by atoms with Crippen molar-refractivity contribution in [3.8, 4) is 0 Å². The molecule has 0 heterocycles. The standard InChI is InChI=1S/C16H9ClF3NO5/c17-12-4-2-8(6-11(12)16(18,19)20)21-13(22)10-5-7(14(23)24)1-3-9(10)15(25)26/h1-6H,(H,21,22)(H,23,24)(H,25,26). The van der Waals surface area contributed by atoms with Crippen LogP contribution in [0.3, 0.4) is 0 Å². The third-order valence-corrected chi connectivity index (χ3v) is 3.60. The zero-order valence-corrected chi connectivity index (χ0v) is 13.4. The zero-order valence-electron chi connectivity index (χ0n) is 12.6. The smallest absolute Gasteiger partial charge is 0.417 e. The highest BCUT2D eigenvalue weighted by Gasteiger charge is 2.33. The summed E-state index contributed by atoms with van der Waals surface area (Å²) < 4.78 is 38.6. The first-order valence-electron chi connectivity index (χ1n) is 6.79. The molecule has 2 aromatic rings. The number of alkyl halides is 3. The number of benzene rings is 2. The molecule has 0 aliphatic rings. The Labute approximate surface area is 148 Å². The molecule has 0 saturated heterocycles. The van der Waals surface area contributed by atoms with Crippen LogP contribution in [0, 0.1) is 0 Å². The molecule has 26 heavy (non-hydrogen) atoms. The Kier molecular flexibility index (Phi) is 5.22. The number of hydrogen-bond donors (Lipinski definition) is 3. The number of halogens is 4. The van der Waals surface area contributed by atoms with Crippen LogP contribution in [0.1, 0.15) is 36.6 Å². The summed E-state index contributed by atoms with van der Waals surface area (Å²) in [7, 11) is 0. The molecule has 0 spiro atoms. The average molecular weight is 388 g/mol. The Balaban J connectivity index is 2.43. The van der Waals surface area contributed by atoms with Gasteiger partial charge in [0.25, 0.3) is 5.91 Å². The summed E-state index contributed by atoms with van der Waals surface area (Å²) in [4.78, 5) is 34.5. The van der Waals surface area contributed by atoms with Crippen molar-refractivity contribution in [2.24, 2.45) is 0 Å². The summed E-state index contributed by atoms with van der Waals surface area (Å²) in [5.41, 5.74) is -2.84. The van der Waals surface area contributed by atoms with Gasteiger partial charge in [0.05, 0.1) is 27.3 Å². The van der Waals surface area contributed by atoms with Crippen LogP contribution < -0.4 is 5.32 Å². The molecule has 6 nitrogen and oxygen atoms in total. The van der Waals surface area contributed by atoms with E-state index in [4.69, 9.17) is 21.8 Å². The van der Waals surface area contributed by atoms with Gasteiger partial charge in [0.2, 0.25) is 0 Å². The fraction of sp³-hybridized carbons (Fsp3) is 0.0625. The minimum atomic E-state index is -4.76. The molecule has 2 aromatic carbocycles. The molecule has 0 radical (unpaired) electrons. The number of amides is 1. The van der Waals surface area contributed by atoms with Gasteiger partial charge in [-0.3, -0.25) is 4.79 Å². The van der Waals surface area contributed by atoms with Crippen LogP contribution in [0.15, 0.2) is 36.4 Å². The predicted molar refractivity (Wildman–Crippen MR) is 84.8 cm³/mol. The van der Waals surface area contributed by atoms with Crippen LogP contribution in [0.2, 0.25) is 5.02 Å². The Bertz CT molecular complexity index is 911. The first-order valence-corrected chi connectivity index (χ1v) is 7.17. The summed E-state index contributed by atoms with van der Waals surface area (Å²) in [6, 6.07) is 5.34. The second-order valence-corrected chi connectivity index (χ2v) is 5.42. The second-order valence-electron chi connectivity index (χ2n) is 5.02. The molecule has 0 fully saturated rings. The highest BCUT2D eigenvalue weighted by atomic mass is 35.5. The molecule has 2 rings (SSSR count). The van der Waals surface area contributed by atoms with Crippen molar-refractivity contribution in [2.45, 2.75) is 6.18 Å². The Morgan fingerprint density at radius 1 is 0.923 bits per heavy atom. The number of carboxylic acids is 2. The van der Waals surface area contributed by atoms with E-state index in [2.05, 4.69) is 5.32 Å². The van der Waals surface area contributed by atoms with Gasteiger partial charge in [0.1, 0.15) is 0 Å². The lowest BCUT2D eigenvalue weighted by molar-refractivity contribution is -0.137. The van der Waals surface area contributed by atoms with Gasteiger partial charge in [-0.05, 0) is 36.4 Å². The summed E-state index contributed by atoms with van der Waals surface area (Å²) in [6.07, 6.45) is -4.76. The number of hydrogen-bond acceptors (Lipinski definition) is 3. The van der Waals surface area contributed by atoms with Gasteiger partial charge >= 0.3 is 18.1 Å². The molecule has 0 aliphatic carbocycles. The largest absolute Gasteiger partial charge is 0.478 e. The minimum absolute atomic E-state index is 0.288. The quantitative estimate of drug-likeness (QED) is 0.735. The van der Waals surface area contributed by atoms with Crippen molar-refractivity contribution < 1.29 is 37.8 Å². The highest BCUT2D eigenvalue weighted by Crippen LogP contribution is 2.36. The molecule has 10 heteroatoms. The fourth-order valence-corrected chi connectivity index (χ4v) is 2.30. The third kappa shape index (κ3) is 4.12. The predicted octanol–water partition coefficient (Wildman–Crippen LogP) is 4.01. The van der Waals surface area contributed by atoms with E-state index in [0.29, 0.717) is 6.07 Å². The van der Waals surface area contributed by atoms with Crippen molar-refractivity contribution in [2.75, 3.05) is 5.32 Å². The Morgan fingerprint density at radius 3 is 2.12 bits per heavy atom. The minimum Gasteiger partial charge on any atom is -0.478 e. The fourth-order valence-electron chi connectivity index (χ4n) is 2.07. The number of carbonyl (C=O) groups is 3. The lowest BCUT2D eigenvalue weighted by Gasteiger charge is -2.13. The lowest BCUT2D eigenvalue weighted by Crippen LogP contribution is -2.18. The van der Waals surface area contributed by atoms with E-state index in [1.54, 1.807) is 0 Å². The van der Waals surface area contributed by atoms with Crippen molar-refractivity contribution in [3.05, 3.63) is 63.7 Å². The summed E-state index contributed by atoms with van der Waals surface area (Å²) in [5, 5.41) is 19.6. The Hall–Kier alpha value is -3.07. The molecule has 0 atom stereocenters. The lowest BCUT2D eigenvalue weighted by atomic mass is 10.0. The van der Waals surface area contributed by atoms with Crippen molar-refractivity contribution in [3.63, 3.8) is 0 Å². The van der Waals surface area contributed by atoms with E-state index in [1.165, 1.54) is 0 Å². The Morgan fingerprint density at radius 2 is 1.58 bits per heavy atom. The summed E-state index contributed by atoms with van der Waals surface area (Å²) in [6.45, 7) is 0. The summed E-state index contributed by atoms with van der Waals surface area (Å²) >= 11 is 5.48. The molecule has 3 N–H and O–H groups in total. The summed E-state index contributed by atoms with van der Waals surface area (Å²) in [5.74, 6) is -3.98. The van der Waals surface area contributed by atoms with Crippen LogP contribution in [0.25, 0.3) is 0 Å². The molecule has 0 aliphatic heterocycles. The van der Waals surface area contributed by atoms with Gasteiger partial charge in [-0.2, -0.15) is 13.2 Å². The van der Waals surface area contributed by atoms with Crippen molar-refractivity contribution >= 4 is 35.1 Å². The number of carbonyl (C=O) groups excluding carboxylic acids is 1. The van der Waals surface area contributed by atoms with Crippen LogP contribution >= 0.6 is 11.6 Å². The molecule has 0 unspecified atom stereocenters. The van der Waals surface area contributed by atoms with E-state index in [-0.39, 0.29) is 11.3 Å². The van der Waals surface area contributed by atoms with E-state index in [0.717, 1.165) is 30.3 Å². The van der Waals surface area contributed by atoms with Gasteiger partial charge in [-0.25, -0.2) is 9.59 Å². The maximum atomic E-state index is 12.9. The third-order valence-electron chi connectivity index (χ3n) is 3.27. The average Bonchev–Trinajstić information content (AvgIpc) is 2.54. The molecule has 1 amide bonds. The van der Waals surface area contributed by atoms with E-state index >= 15 is 0 Å². The van der Waals surface area contributed by atoms with Crippen molar-refractivity contribution in [1.82, 2.24) is 0 Å². The second kappa shape index (κ2) is 7.04. The number of aromatic carboxylic acids is 2. The number of nitrogens with one attached hydrogen (secondary N) is 1. The monoisotopic (exact) mass is 387 g/mol. The first-order chi connectivity index (χ1) is 12.0. The highest BCUT2D eigenvalue weighted by molar-refractivity contribution is 6.31. The van der Waals surface area contributed by atoms with Crippen LogP contribution in [-0.2, 0) is 6.18 Å². The van der Waals surface area contributed by atoms with Crippen LogP contribution in [0.5, 0.6) is 0 Å². The molecule has 0 aromatic heterocycles. The molecule has 0 saturated carbocycles. The molecule has 0 bridgehead atoms. The number of carboxylic acid groups (broad SMARTS) is 2. The van der Waals surface area contributed by atoms with E-state index in [1.807, 2.05) is 0 Å². The van der Waals surface area contributed by atoms with Gasteiger partial charge in [-0.1, -0.05) is 11.6 Å². The van der Waals surface area contributed by atoms with Crippen LogP contribution in [0.4, 0.5) is 18.9 Å². The zero-order chi connectivity index (χ0) is 19.6. The molecular formula is C16H9ClF3NO5. The van der Waals surface area contributed by atoms with Crippen LogP contribution in [-0.4, -0.2) is 28.1 Å². The number of anilines is 1. The van der Waals surface area contributed by atoms with Crippen molar-refractivity contribution in [1.29, 1.82) is 0 Å². The van der Waals surface area contributed by atoms with Gasteiger partial charge in [0.15, 0.2) is 0 Å². The maximum absolute atomic E-state index is 12.9. The van der Waals surface area contributed by atoms with Gasteiger partial charge in [0, 0.05) is 5.69 Å². The SMILES string of the molecule is O=C(O)c1ccc(C(=O)O)c(C(=O)Nc2ccc(Cl)c(C(F)(F)F)c2)c1. The first kappa shape index (κ1) is 19.3. The topological polar surface area (TPSA) is 104 Å². The van der Waals surface area contributed by atoms with E-state index < -0.39 is 45.7 Å². The van der Waals surface area contributed by atoms with Gasteiger partial charge in [-0.15, -0.1) is 0 Å².